The molecule has 1 aromatic rings. The summed E-state index contributed by atoms with van der Waals surface area (Å²) in [6.07, 6.45) is 8.35. The Hall–Kier alpha value is -0.740. The van der Waals surface area contributed by atoms with E-state index in [0.29, 0.717) is 19.3 Å². The van der Waals surface area contributed by atoms with Crippen molar-refractivity contribution in [3.8, 4) is 11.5 Å². The van der Waals surface area contributed by atoms with Crippen LogP contribution < -0.4 is 14.8 Å². The molecule has 4 fully saturated rings. The first kappa shape index (κ1) is 18.6. The second kappa shape index (κ2) is 8.10. The monoisotopic (exact) mass is 421 g/mol. The van der Waals surface area contributed by atoms with Crippen LogP contribution in [0.15, 0.2) is 16.6 Å². The van der Waals surface area contributed by atoms with Crippen molar-refractivity contribution in [1.29, 1.82) is 0 Å². The lowest BCUT2D eigenvalue weighted by atomic mass is 9.54. The molecule has 4 saturated carbocycles. The van der Waals surface area contributed by atoms with Crippen molar-refractivity contribution in [3.05, 3.63) is 22.2 Å². The number of rotatable bonds is 8. The van der Waals surface area contributed by atoms with Gasteiger partial charge in [-0.1, -0.05) is 6.92 Å². The van der Waals surface area contributed by atoms with Gasteiger partial charge in [0, 0.05) is 12.6 Å². The molecule has 4 bridgehead atoms. The molecule has 4 heteroatoms. The smallest absolute Gasteiger partial charge is 0.175 e. The number of benzene rings is 1. The van der Waals surface area contributed by atoms with Crippen LogP contribution >= 0.6 is 15.9 Å². The molecule has 0 amide bonds. The topological polar surface area (TPSA) is 30.5 Å². The summed E-state index contributed by atoms with van der Waals surface area (Å²) in [6.45, 7) is 6.43. The summed E-state index contributed by atoms with van der Waals surface area (Å²) in [5, 5.41) is 3.92. The molecule has 0 radical (unpaired) electrons. The zero-order chi connectivity index (χ0) is 18.1. The van der Waals surface area contributed by atoms with Gasteiger partial charge in [0.15, 0.2) is 11.5 Å². The first-order chi connectivity index (χ1) is 12.7. The zero-order valence-corrected chi connectivity index (χ0v) is 17.7. The van der Waals surface area contributed by atoms with Gasteiger partial charge in [0.1, 0.15) is 0 Å². The molecule has 0 heterocycles. The molecular formula is C22H32BrNO2. The van der Waals surface area contributed by atoms with Crippen LogP contribution in [0.5, 0.6) is 11.5 Å². The Morgan fingerprint density at radius 2 is 1.69 bits per heavy atom. The van der Waals surface area contributed by atoms with E-state index in [2.05, 4.69) is 40.3 Å². The number of hydrogen-bond donors (Lipinski definition) is 1. The molecule has 26 heavy (non-hydrogen) atoms. The predicted molar refractivity (Wildman–Crippen MR) is 109 cm³/mol. The van der Waals surface area contributed by atoms with Gasteiger partial charge in [-0.25, -0.2) is 0 Å². The highest BCUT2D eigenvalue weighted by Gasteiger charge is 2.47. The van der Waals surface area contributed by atoms with E-state index in [9.17, 15) is 0 Å². The van der Waals surface area contributed by atoms with Crippen LogP contribution in [0.25, 0.3) is 0 Å². The third kappa shape index (κ3) is 3.77. The summed E-state index contributed by atoms with van der Waals surface area (Å²) in [5.41, 5.74) is 1.28. The molecule has 0 spiro atoms. The molecule has 3 nitrogen and oxygen atoms in total. The summed E-state index contributed by atoms with van der Waals surface area (Å²) in [7, 11) is 0. The normalized spacial score (nSPS) is 32.0. The van der Waals surface area contributed by atoms with E-state index in [1.807, 2.05) is 6.92 Å². The molecule has 4 aliphatic rings. The van der Waals surface area contributed by atoms with E-state index in [-0.39, 0.29) is 0 Å². The van der Waals surface area contributed by atoms with Gasteiger partial charge in [-0.15, -0.1) is 0 Å². The average Bonchev–Trinajstić information content (AvgIpc) is 2.60. The first-order valence-corrected chi connectivity index (χ1v) is 11.3. The maximum atomic E-state index is 5.90. The highest BCUT2D eigenvalue weighted by Crippen LogP contribution is 2.53. The van der Waals surface area contributed by atoms with Gasteiger partial charge in [-0.2, -0.15) is 0 Å². The Morgan fingerprint density at radius 3 is 2.31 bits per heavy atom. The van der Waals surface area contributed by atoms with Crippen molar-refractivity contribution >= 4 is 15.9 Å². The van der Waals surface area contributed by atoms with Crippen LogP contribution in [0.1, 0.15) is 57.9 Å². The van der Waals surface area contributed by atoms with E-state index in [1.54, 1.807) is 0 Å². The van der Waals surface area contributed by atoms with Crippen LogP contribution in [0, 0.1) is 23.7 Å². The van der Waals surface area contributed by atoms with Gasteiger partial charge in [-0.05, 0) is 103 Å². The predicted octanol–water partition coefficient (Wildman–Crippen LogP) is 5.55. The van der Waals surface area contributed by atoms with Gasteiger partial charge in [0.05, 0.1) is 17.7 Å². The van der Waals surface area contributed by atoms with Crippen LogP contribution in [-0.4, -0.2) is 19.3 Å². The van der Waals surface area contributed by atoms with Gasteiger partial charge >= 0.3 is 0 Å². The van der Waals surface area contributed by atoms with E-state index >= 15 is 0 Å². The molecule has 144 valence electrons. The SMILES string of the molecule is CCCOc1c(Br)cc(CNC2C3CC4CC(C3)CC2C4)cc1OCC. The minimum Gasteiger partial charge on any atom is -0.490 e. The molecular weight excluding hydrogens is 390 g/mol. The lowest BCUT2D eigenvalue weighted by molar-refractivity contribution is -0.0142. The molecule has 1 N–H and O–H groups in total. The Morgan fingerprint density at radius 1 is 1.00 bits per heavy atom. The lowest BCUT2D eigenvalue weighted by Gasteiger charge is -2.54. The van der Waals surface area contributed by atoms with Gasteiger partial charge in [0.2, 0.25) is 0 Å². The maximum absolute atomic E-state index is 5.90. The number of ether oxygens (including phenoxy) is 2. The Kier molecular flexibility index (Phi) is 5.80. The third-order valence-corrected chi connectivity index (χ3v) is 7.18. The fourth-order valence-electron chi connectivity index (χ4n) is 5.82. The van der Waals surface area contributed by atoms with Crippen molar-refractivity contribution in [2.45, 2.75) is 65.0 Å². The van der Waals surface area contributed by atoms with Gasteiger partial charge < -0.3 is 14.8 Å². The first-order valence-electron chi connectivity index (χ1n) is 10.5. The van der Waals surface area contributed by atoms with Crippen molar-refractivity contribution in [3.63, 3.8) is 0 Å². The highest BCUT2D eigenvalue weighted by molar-refractivity contribution is 9.10. The van der Waals surface area contributed by atoms with Crippen molar-refractivity contribution in [2.75, 3.05) is 13.2 Å². The average molecular weight is 422 g/mol. The summed E-state index contributed by atoms with van der Waals surface area (Å²) in [5.74, 6) is 5.58. The largest absolute Gasteiger partial charge is 0.490 e. The fraction of sp³-hybridized carbons (Fsp3) is 0.727. The van der Waals surface area contributed by atoms with Crippen molar-refractivity contribution < 1.29 is 9.47 Å². The van der Waals surface area contributed by atoms with Crippen LogP contribution in [0.3, 0.4) is 0 Å². The van der Waals surface area contributed by atoms with Gasteiger partial charge in [0.25, 0.3) is 0 Å². The quantitative estimate of drug-likeness (QED) is 0.596. The maximum Gasteiger partial charge on any atom is 0.175 e. The molecule has 4 aliphatic carbocycles. The number of nitrogens with one attached hydrogen (secondary N) is 1. The molecule has 0 aromatic heterocycles. The molecule has 0 saturated heterocycles. The van der Waals surface area contributed by atoms with E-state index in [0.717, 1.165) is 52.6 Å². The zero-order valence-electron chi connectivity index (χ0n) is 16.1. The van der Waals surface area contributed by atoms with E-state index in [1.165, 1.54) is 37.7 Å². The van der Waals surface area contributed by atoms with Crippen molar-refractivity contribution in [2.24, 2.45) is 23.7 Å². The van der Waals surface area contributed by atoms with Crippen LogP contribution in [-0.2, 0) is 6.54 Å². The summed E-state index contributed by atoms with van der Waals surface area (Å²) in [4.78, 5) is 0. The van der Waals surface area contributed by atoms with Crippen LogP contribution in [0.4, 0.5) is 0 Å². The Labute approximate surface area is 166 Å². The second-order valence-corrected chi connectivity index (χ2v) is 9.38. The lowest BCUT2D eigenvalue weighted by Crippen LogP contribution is -2.54. The molecule has 1 aromatic carbocycles. The van der Waals surface area contributed by atoms with E-state index < -0.39 is 0 Å². The standard InChI is InChI=1S/C22H32BrNO2/c1-3-5-26-22-19(23)11-16(12-20(22)25-4-2)13-24-21-17-7-14-6-15(9-17)10-18(21)8-14/h11-12,14-15,17-18,21,24H,3-10,13H2,1-2H3. The minimum atomic E-state index is 0.654. The minimum absolute atomic E-state index is 0.654. The number of halogens is 1. The summed E-state index contributed by atoms with van der Waals surface area (Å²) >= 11 is 3.69. The highest BCUT2D eigenvalue weighted by atomic mass is 79.9. The van der Waals surface area contributed by atoms with E-state index in [4.69, 9.17) is 9.47 Å². The molecule has 5 rings (SSSR count). The Balaban J connectivity index is 1.44. The van der Waals surface area contributed by atoms with Crippen molar-refractivity contribution in [1.82, 2.24) is 5.32 Å². The Bertz CT molecular complexity index is 605. The summed E-state index contributed by atoms with van der Waals surface area (Å²) < 4.78 is 12.8. The molecule has 0 atom stereocenters. The van der Waals surface area contributed by atoms with Gasteiger partial charge in [-0.3, -0.25) is 0 Å². The summed E-state index contributed by atoms with van der Waals surface area (Å²) in [6, 6.07) is 5.06. The van der Waals surface area contributed by atoms with Crippen LogP contribution in [0.2, 0.25) is 0 Å². The third-order valence-electron chi connectivity index (χ3n) is 6.59. The molecule has 0 aliphatic heterocycles. The fourth-order valence-corrected chi connectivity index (χ4v) is 6.43. The molecule has 0 unspecified atom stereocenters. The number of hydrogen-bond acceptors (Lipinski definition) is 3. The second-order valence-electron chi connectivity index (χ2n) is 8.52.